The second kappa shape index (κ2) is 7.72. The van der Waals surface area contributed by atoms with Crippen molar-refractivity contribution in [3.8, 4) is 0 Å². The third-order valence-electron chi connectivity index (χ3n) is 3.72. The largest absolute Gasteiger partial charge is 0.416 e. The topological polar surface area (TPSA) is 17.1 Å². The Morgan fingerprint density at radius 3 is 1.35 bits per heavy atom. The van der Waals surface area contributed by atoms with Crippen LogP contribution in [0.15, 0.2) is 36.4 Å². The normalized spacial score (nSPS) is 12.3. The zero-order valence-electron chi connectivity index (χ0n) is 12.8. The van der Waals surface area contributed by atoms with Gasteiger partial charge in [0.2, 0.25) is 0 Å². The smallest absolute Gasteiger partial charge is 0.289 e. The molecule has 2 aromatic carbocycles. The number of rotatable bonds is 4. The van der Waals surface area contributed by atoms with Crippen molar-refractivity contribution in [2.75, 3.05) is 0 Å². The molecule has 26 heavy (non-hydrogen) atoms. The molecule has 2 rings (SSSR count). The van der Waals surface area contributed by atoms with Crippen molar-refractivity contribution in [3.63, 3.8) is 0 Å². The Hall–Kier alpha value is -1.35. The molecule has 140 valence electrons. The molecule has 0 saturated carbocycles. The van der Waals surface area contributed by atoms with Gasteiger partial charge < -0.3 is 0 Å². The number of halogens is 8. The van der Waals surface area contributed by atoms with Gasteiger partial charge in [-0.1, -0.05) is 56.1 Å². The molecule has 2 aromatic rings. The van der Waals surface area contributed by atoms with Gasteiger partial charge in [0.1, 0.15) is 0 Å². The minimum atomic E-state index is -4.69. The van der Waals surface area contributed by atoms with Crippen LogP contribution in [0.3, 0.4) is 0 Å². The number of benzene rings is 2. The Morgan fingerprint density at radius 1 is 0.731 bits per heavy atom. The van der Waals surface area contributed by atoms with Crippen molar-refractivity contribution in [1.82, 2.24) is 0 Å². The van der Waals surface area contributed by atoms with Crippen LogP contribution in [-0.2, 0) is 23.0 Å². The number of ketones is 1. The molecule has 0 aromatic heterocycles. The first-order valence-corrected chi connectivity index (χ1v) is 9.31. The van der Waals surface area contributed by atoms with Gasteiger partial charge >= 0.3 is 12.4 Å². The van der Waals surface area contributed by atoms with Crippen LogP contribution in [0.1, 0.15) is 38.2 Å². The molecule has 0 radical (unpaired) electrons. The van der Waals surface area contributed by atoms with Crippen LogP contribution in [-0.4, -0.2) is 5.78 Å². The average molecular weight is 504 g/mol. The van der Waals surface area contributed by atoms with E-state index in [1.165, 1.54) is 12.1 Å². The van der Waals surface area contributed by atoms with Gasteiger partial charge in [-0.05, 0) is 23.3 Å². The number of alkyl halides is 8. The van der Waals surface area contributed by atoms with Crippen LogP contribution in [0.25, 0.3) is 0 Å². The van der Waals surface area contributed by atoms with E-state index in [0.717, 1.165) is 24.3 Å². The quantitative estimate of drug-likeness (QED) is 0.256. The Labute approximate surface area is 161 Å². The molecule has 0 bridgehead atoms. The minimum Gasteiger partial charge on any atom is -0.289 e. The zero-order chi connectivity index (χ0) is 19.7. The van der Waals surface area contributed by atoms with Crippen LogP contribution in [0, 0.1) is 0 Å². The molecule has 0 fully saturated rings. The van der Waals surface area contributed by atoms with E-state index in [2.05, 4.69) is 31.9 Å². The van der Waals surface area contributed by atoms with Crippen molar-refractivity contribution in [2.45, 2.75) is 23.0 Å². The second-order valence-corrected chi connectivity index (χ2v) is 6.38. The molecule has 0 atom stereocenters. The molecule has 0 aliphatic heterocycles. The summed E-state index contributed by atoms with van der Waals surface area (Å²) in [6.07, 6.45) is -9.38. The van der Waals surface area contributed by atoms with E-state index in [9.17, 15) is 31.1 Å². The van der Waals surface area contributed by atoms with Crippen LogP contribution in [0.4, 0.5) is 26.3 Å². The van der Waals surface area contributed by atoms with Gasteiger partial charge in [-0.25, -0.2) is 0 Å². The number of carbonyl (C=O) groups is 1. The second-order valence-electron chi connectivity index (χ2n) is 5.26. The standard InChI is InChI=1S/C17H10Br2F6O/c18-7-11-9(3-1-5-13(11)16(20,21)22)15(26)10-4-2-6-14(12(10)8-19)17(23,24)25/h1-6H,7-8H2. The Kier molecular flexibility index (Phi) is 6.22. The fourth-order valence-electron chi connectivity index (χ4n) is 2.56. The fourth-order valence-corrected chi connectivity index (χ4v) is 3.77. The van der Waals surface area contributed by atoms with Gasteiger partial charge in [-0.3, -0.25) is 4.79 Å². The van der Waals surface area contributed by atoms with Gasteiger partial charge in [0.05, 0.1) is 11.1 Å². The lowest BCUT2D eigenvalue weighted by Crippen LogP contribution is -2.16. The lowest BCUT2D eigenvalue weighted by Gasteiger charge is -2.17. The maximum atomic E-state index is 13.2. The summed E-state index contributed by atoms with van der Waals surface area (Å²) in [4.78, 5) is 12.8. The molecular weight excluding hydrogens is 494 g/mol. The summed E-state index contributed by atoms with van der Waals surface area (Å²) < 4.78 is 79.0. The molecule has 0 saturated heterocycles. The van der Waals surface area contributed by atoms with Crippen LogP contribution < -0.4 is 0 Å². The highest BCUT2D eigenvalue weighted by atomic mass is 79.9. The van der Waals surface area contributed by atoms with E-state index < -0.39 is 29.3 Å². The Bertz CT molecular complexity index is 759. The van der Waals surface area contributed by atoms with Crippen LogP contribution >= 0.6 is 31.9 Å². The summed E-state index contributed by atoms with van der Waals surface area (Å²) in [5.74, 6) is -0.897. The first kappa shape index (κ1) is 21.0. The summed E-state index contributed by atoms with van der Waals surface area (Å²) in [6, 6.07) is 6.11. The monoisotopic (exact) mass is 502 g/mol. The molecule has 0 spiro atoms. The number of hydrogen-bond donors (Lipinski definition) is 0. The molecule has 9 heteroatoms. The third-order valence-corrected chi connectivity index (χ3v) is 4.84. The first-order valence-electron chi connectivity index (χ1n) is 7.07. The molecule has 0 amide bonds. The summed E-state index contributed by atoms with van der Waals surface area (Å²) in [5, 5.41) is -0.543. The Morgan fingerprint density at radius 2 is 1.08 bits per heavy atom. The van der Waals surface area contributed by atoms with Crippen molar-refractivity contribution in [3.05, 3.63) is 69.8 Å². The van der Waals surface area contributed by atoms with E-state index in [1.807, 2.05) is 0 Å². The zero-order valence-corrected chi connectivity index (χ0v) is 16.0. The summed E-state index contributed by atoms with van der Waals surface area (Å²) >= 11 is 5.87. The third kappa shape index (κ3) is 4.14. The highest BCUT2D eigenvalue weighted by Crippen LogP contribution is 2.37. The first-order chi connectivity index (χ1) is 12.0. The predicted octanol–water partition coefficient (Wildman–Crippen LogP) is 6.75. The van der Waals surface area contributed by atoms with Crippen molar-refractivity contribution >= 4 is 37.6 Å². The molecule has 0 heterocycles. The summed E-state index contributed by atoms with van der Waals surface area (Å²) in [7, 11) is 0. The predicted molar refractivity (Wildman–Crippen MR) is 91.6 cm³/mol. The average Bonchev–Trinajstić information content (AvgIpc) is 2.58. The molecular formula is C17H10Br2F6O. The van der Waals surface area contributed by atoms with Gasteiger partial charge in [-0.2, -0.15) is 26.3 Å². The van der Waals surface area contributed by atoms with Gasteiger partial charge in [0, 0.05) is 21.8 Å². The van der Waals surface area contributed by atoms with Crippen molar-refractivity contribution in [1.29, 1.82) is 0 Å². The van der Waals surface area contributed by atoms with Gasteiger partial charge in [-0.15, -0.1) is 0 Å². The van der Waals surface area contributed by atoms with Crippen LogP contribution in [0.5, 0.6) is 0 Å². The van der Waals surface area contributed by atoms with E-state index in [0.29, 0.717) is 0 Å². The molecule has 0 aliphatic rings. The van der Waals surface area contributed by atoms with Crippen LogP contribution in [0.2, 0.25) is 0 Å². The van der Waals surface area contributed by atoms with E-state index >= 15 is 0 Å². The summed E-state index contributed by atoms with van der Waals surface area (Å²) in [6.45, 7) is 0. The minimum absolute atomic E-state index is 0.271. The van der Waals surface area contributed by atoms with Crippen molar-refractivity contribution in [2.24, 2.45) is 0 Å². The van der Waals surface area contributed by atoms with Gasteiger partial charge in [0.15, 0.2) is 5.78 Å². The molecule has 0 N–H and O–H groups in total. The Balaban J connectivity index is 2.69. The molecule has 0 aliphatic carbocycles. The lowest BCUT2D eigenvalue weighted by atomic mass is 9.91. The van der Waals surface area contributed by atoms with E-state index in [-0.39, 0.29) is 32.9 Å². The highest BCUT2D eigenvalue weighted by Gasteiger charge is 2.37. The SMILES string of the molecule is O=C(c1cccc(C(F)(F)F)c1CBr)c1cccc(C(F)(F)F)c1CBr. The molecule has 1 nitrogen and oxygen atoms in total. The highest BCUT2D eigenvalue weighted by molar-refractivity contribution is 9.08. The van der Waals surface area contributed by atoms with Gasteiger partial charge in [0.25, 0.3) is 0 Å². The van der Waals surface area contributed by atoms with E-state index in [1.54, 1.807) is 0 Å². The maximum absolute atomic E-state index is 13.2. The number of carbonyl (C=O) groups excluding carboxylic acids is 1. The fraction of sp³-hybridized carbons (Fsp3) is 0.235. The van der Waals surface area contributed by atoms with E-state index in [4.69, 9.17) is 0 Å². The number of hydrogen-bond acceptors (Lipinski definition) is 1. The lowest BCUT2D eigenvalue weighted by molar-refractivity contribution is -0.138. The summed E-state index contributed by atoms with van der Waals surface area (Å²) in [5.41, 5.74) is -3.23. The maximum Gasteiger partial charge on any atom is 0.416 e. The molecule has 0 unspecified atom stereocenters. The van der Waals surface area contributed by atoms with Crippen molar-refractivity contribution < 1.29 is 31.1 Å².